The number of anilines is 1. The summed E-state index contributed by atoms with van der Waals surface area (Å²) >= 11 is 0. The SMILES string of the molecule is O=c1n(Nc2ccc(F)cc2F)c2ccccc2n1-c1ccccc1. The second-order valence-corrected chi connectivity index (χ2v) is 5.51. The predicted octanol–water partition coefficient (Wildman–Crippen LogP) is 3.95. The molecule has 4 nitrogen and oxygen atoms in total. The van der Waals surface area contributed by atoms with Gasteiger partial charge in [-0.05, 0) is 36.4 Å². The fourth-order valence-corrected chi connectivity index (χ4v) is 2.78. The summed E-state index contributed by atoms with van der Waals surface area (Å²) in [5, 5.41) is 0. The molecule has 1 aromatic heterocycles. The molecule has 0 radical (unpaired) electrons. The summed E-state index contributed by atoms with van der Waals surface area (Å²) in [5.74, 6) is -1.45. The van der Waals surface area contributed by atoms with Gasteiger partial charge in [-0.2, -0.15) is 0 Å². The number of nitrogens with one attached hydrogen (secondary N) is 1. The standard InChI is InChI=1S/C19H13F2N3O/c20-13-10-11-16(15(21)12-13)22-24-18-9-5-4-8-17(18)23(19(24)25)14-6-2-1-3-7-14/h1-12,22H. The molecule has 0 aliphatic carbocycles. The van der Waals surface area contributed by atoms with Crippen LogP contribution < -0.4 is 11.1 Å². The van der Waals surface area contributed by atoms with Gasteiger partial charge in [-0.3, -0.25) is 9.99 Å². The van der Waals surface area contributed by atoms with E-state index < -0.39 is 11.6 Å². The molecule has 0 saturated heterocycles. The highest BCUT2D eigenvalue weighted by molar-refractivity contribution is 5.79. The highest BCUT2D eigenvalue weighted by Gasteiger charge is 2.15. The van der Waals surface area contributed by atoms with Crippen molar-refractivity contribution in [1.82, 2.24) is 9.24 Å². The van der Waals surface area contributed by atoms with Gasteiger partial charge in [-0.15, -0.1) is 0 Å². The first-order valence-electron chi connectivity index (χ1n) is 7.65. The smallest absolute Gasteiger partial charge is 0.287 e. The molecule has 0 spiro atoms. The normalized spacial score (nSPS) is 11.0. The Morgan fingerprint density at radius 2 is 1.48 bits per heavy atom. The quantitative estimate of drug-likeness (QED) is 0.615. The molecule has 4 aromatic rings. The van der Waals surface area contributed by atoms with E-state index in [2.05, 4.69) is 5.43 Å². The maximum Gasteiger partial charge on any atom is 0.352 e. The topological polar surface area (TPSA) is 39.0 Å². The molecule has 0 bridgehead atoms. The van der Waals surface area contributed by atoms with Crippen molar-refractivity contribution in [3.63, 3.8) is 0 Å². The number of benzene rings is 3. The van der Waals surface area contributed by atoms with Gasteiger partial charge < -0.3 is 0 Å². The van der Waals surface area contributed by atoms with E-state index >= 15 is 0 Å². The van der Waals surface area contributed by atoms with E-state index in [-0.39, 0.29) is 11.4 Å². The van der Waals surface area contributed by atoms with Crippen LogP contribution in [0.3, 0.4) is 0 Å². The Bertz CT molecular complexity index is 1120. The van der Waals surface area contributed by atoms with Gasteiger partial charge in [0.05, 0.1) is 22.4 Å². The third-order valence-corrected chi connectivity index (χ3v) is 3.92. The third-order valence-electron chi connectivity index (χ3n) is 3.92. The van der Waals surface area contributed by atoms with Gasteiger partial charge in [0, 0.05) is 6.07 Å². The maximum atomic E-state index is 14.0. The lowest BCUT2D eigenvalue weighted by molar-refractivity contribution is 0.584. The molecular formula is C19H13F2N3O. The summed E-state index contributed by atoms with van der Waals surface area (Å²) in [6.45, 7) is 0. The van der Waals surface area contributed by atoms with Crippen LogP contribution in [0.5, 0.6) is 0 Å². The van der Waals surface area contributed by atoms with E-state index in [1.807, 2.05) is 42.5 Å². The van der Waals surface area contributed by atoms with Gasteiger partial charge >= 0.3 is 5.69 Å². The summed E-state index contributed by atoms with van der Waals surface area (Å²) in [5.41, 5.74) is 4.33. The molecule has 25 heavy (non-hydrogen) atoms. The Labute approximate surface area is 141 Å². The molecule has 0 aliphatic rings. The maximum absolute atomic E-state index is 14.0. The van der Waals surface area contributed by atoms with Crippen molar-refractivity contribution in [3.05, 3.63) is 94.9 Å². The van der Waals surface area contributed by atoms with Crippen molar-refractivity contribution in [2.45, 2.75) is 0 Å². The molecule has 1 N–H and O–H groups in total. The van der Waals surface area contributed by atoms with Crippen LogP contribution in [0.1, 0.15) is 0 Å². The van der Waals surface area contributed by atoms with Crippen molar-refractivity contribution >= 4 is 16.7 Å². The van der Waals surface area contributed by atoms with Crippen molar-refractivity contribution < 1.29 is 8.78 Å². The lowest BCUT2D eigenvalue weighted by Crippen LogP contribution is -2.28. The largest absolute Gasteiger partial charge is 0.352 e. The van der Waals surface area contributed by atoms with Crippen LogP contribution >= 0.6 is 0 Å². The molecule has 3 aromatic carbocycles. The molecular weight excluding hydrogens is 324 g/mol. The van der Waals surface area contributed by atoms with Gasteiger partial charge in [0.1, 0.15) is 5.82 Å². The summed E-state index contributed by atoms with van der Waals surface area (Å²) in [7, 11) is 0. The zero-order valence-corrected chi connectivity index (χ0v) is 13.0. The van der Waals surface area contributed by atoms with Crippen molar-refractivity contribution in [3.8, 4) is 5.69 Å². The Morgan fingerprint density at radius 1 is 0.800 bits per heavy atom. The van der Waals surface area contributed by atoms with E-state index in [1.54, 1.807) is 12.1 Å². The van der Waals surface area contributed by atoms with Crippen LogP contribution in [-0.4, -0.2) is 9.24 Å². The van der Waals surface area contributed by atoms with Crippen molar-refractivity contribution in [2.24, 2.45) is 0 Å². The van der Waals surface area contributed by atoms with Gasteiger partial charge in [0.15, 0.2) is 5.82 Å². The number of halogens is 2. The number of para-hydroxylation sites is 3. The first-order valence-corrected chi connectivity index (χ1v) is 7.65. The van der Waals surface area contributed by atoms with Gasteiger partial charge in [-0.25, -0.2) is 18.3 Å². The van der Waals surface area contributed by atoms with Crippen LogP contribution in [0.4, 0.5) is 14.5 Å². The number of imidazole rings is 1. The predicted molar refractivity (Wildman–Crippen MR) is 92.9 cm³/mol. The third kappa shape index (κ3) is 2.57. The van der Waals surface area contributed by atoms with Crippen LogP contribution in [-0.2, 0) is 0 Å². The van der Waals surface area contributed by atoms with E-state index in [4.69, 9.17) is 0 Å². The fraction of sp³-hybridized carbons (Fsp3) is 0. The van der Waals surface area contributed by atoms with Crippen molar-refractivity contribution in [2.75, 3.05) is 5.43 Å². The second-order valence-electron chi connectivity index (χ2n) is 5.51. The Hall–Kier alpha value is -3.41. The van der Waals surface area contributed by atoms with E-state index in [0.717, 1.165) is 12.1 Å². The molecule has 124 valence electrons. The van der Waals surface area contributed by atoms with Crippen molar-refractivity contribution in [1.29, 1.82) is 0 Å². The van der Waals surface area contributed by atoms with Gasteiger partial charge in [-0.1, -0.05) is 30.3 Å². The summed E-state index contributed by atoms with van der Waals surface area (Å²) in [4.78, 5) is 12.9. The average Bonchev–Trinajstić information content (AvgIpc) is 2.90. The molecule has 0 saturated carbocycles. The highest BCUT2D eigenvalue weighted by atomic mass is 19.1. The summed E-state index contributed by atoms with van der Waals surface area (Å²) in [6.07, 6.45) is 0. The van der Waals surface area contributed by atoms with Crippen LogP contribution in [0.2, 0.25) is 0 Å². The molecule has 0 aliphatic heterocycles. The highest BCUT2D eigenvalue weighted by Crippen LogP contribution is 2.20. The number of fused-ring (bicyclic) bond motifs is 1. The second kappa shape index (κ2) is 5.90. The van der Waals surface area contributed by atoms with E-state index in [1.165, 1.54) is 15.3 Å². The minimum absolute atomic E-state index is 0.0134. The average molecular weight is 337 g/mol. The number of rotatable bonds is 3. The van der Waals surface area contributed by atoms with E-state index in [0.29, 0.717) is 16.7 Å². The first-order chi connectivity index (χ1) is 12.1. The Balaban J connectivity index is 1.93. The summed E-state index contributed by atoms with van der Waals surface area (Å²) in [6, 6.07) is 19.5. The molecule has 0 amide bonds. The molecule has 0 fully saturated rings. The van der Waals surface area contributed by atoms with Gasteiger partial charge in [0.25, 0.3) is 0 Å². The number of hydrogen-bond acceptors (Lipinski definition) is 2. The van der Waals surface area contributed by atoms with Crippen LogP contribution in [0.25, 0.3) is 16.7 Å². The number of hydrogen-bond donors (Lipinski definition) is 1. The first kappa shape index (κ1) is 15.1. The molecule has 0 atom stereocenters. The lowest BCUT2D eigenvalue weighted by atomic mass is 10.3. The Morgan fingerprint density at radius 3 is 2.20 bits per heavy atom. The van der Waals surface area contributed by atoms with Gasteiger partial charge in [0.2, 0.25) is 0 Å². The number of nitrogens with zero attached hydrogens (tertiary/aromatic N) is 2. The molecule has 6 heteroatoms. The van der Waals surface area contributed by atoms with E-state index in [9.17, 15) is 13.6 Å². The number of aromatic nitrogens is 2. The fourth-order valence-electron chi connectivity index (χ4n) is 2.78. The minimum atomic E-state index is -0.775. The monoisotopic (exact) mass is 337 g/mol. The lowest BCUT2D eigenvalue weighted by Gasteiger charge is -2.08. The molecule has 0 unspecified atom stereocenters. The van der Waals surface area contributed by atoms with Crippen LogP contribution in [0, 0.1) is 11.6 Å². The summed E-state index contributed by atoms with van der Waals surface area (Å²) < 4.78 is 29.9. The Kier molecular flexibility index (Phi) is 3.57. The minimum Gasteiger partial charge on any atom is -0.287 e. The zero-order valence-electron chi connectivity index (χ0n) is 13.0. The van der Waals surface area contributed by atoms with Crippen LogP contribution in [0.15, 0.2) is 77.6 Å². The zero-order chi connectivity index (χ0) is 17.4. The molecule has 1 heterocycles. The molecule has 4 rings (SSSR count).